The second-order valence-electron chi connectivity index (χ2n) is 4.30. The third-order valence-corrected chi connectivity index (χ3v) is 3.60. The van der Waals surface area contributed by atoms with Crippen LogP contribution in [0.15, 0.2) is 42.5 Å². The molecule has 0 saturated heterocycles. The lowest BCUT2D eigenvalue weighted by molar-refractivity contribution is 0.625. The summed E-state index contributed by atoms with van der Waals surface area (Å²) in [6, 6.07) is 12.8. The lowest BCUT2D eigenvalue weighted by Crippen LogP contribution is -1.98. The molecule has 0 nitrogen and oxygen atoms in total. The van der Waals surface area contributed by atoms with Crippen LogP contribution in [0.1, 0.15) is 22.1 Å². The Labute approximate surface area is 116 Å². The van der Waals surface area contributed by atoms with Crippen molar-refractivity contribution in [3.63, 3.8) is 0 Å². The smallest absolute Gasteiger partial charge is 0.142 e. The van der Waals surface area contributed by atoms with E-state index in [1.54, 1.807) is 12.1 Å². The zero-order valence-corrected chi connectivity index (χ0v) is 11.5. The van der Waals surface area contributed by atoms with Crippen LogP contribution in [-0.2, 0) is 6.42 Å². The molecular formula is C15H13Cl2F. The SMILES string of the molecule is Cc1cccc(CC(Cl)c2cccc(F)c2Cl)c1. The third-order valence-electron chi connectivity index (χ3n) is 2.82. The van der Waals surface area contributed by atoms with Gasteiger partial charge in [-0.2, -0.15) is 0 Å². The second kappa shape index (κ2) is 5.73. The quantitative estimate of drug-likeness (QED) is 0.669. The molecule has 0 aliphatic rings. The van der Waals surface area contributed by atoms with Crippen molar-refractivity contribution >= 4 is 23.2 Å². The van der Waals surface area contributed by atoms with Crippen LogP contribution in [0.4, 0.5) is 4.39 Å². The van der Waals surface area contributed by atoms with E-state index in [1.807, 2.05) is 25.1 Å². The van der Waals surface area contributed by atoms with E-state index in [2.05, 4.69) is 6.07 Å². The Morgan fingerprint density at radius 2 is 1.89 bits per heavy atom. The summed E-state index contributed by atoms with van der Waals surface area (Å²) in [6.45, 7) is 2.03. The first-order chi connectivity index (χ1) is 8.58. The third kappa shape index (κ3) is 3.04. The second-order valence-corrected chi connectivity index (χ2v) is 5.21. The number of aryl methyl sites for hydroxylation is 1. The zero-order valence-electron chi connectivity index (χ0n) is 9.96. The molecule has 0 N–H and O–H groups in total. The van der Waals surface area contributed by atoms with Crippen LogP contribution in [-0.4, -0.2) is 0 Å². The molecule has 0 radical (unpaired) electrons. The normalized spacial score (nSPS) is 12.4. The molecule has 0 spiro atoms. The average molecular weight is 283 g/mol. The van der Waals surface area contributed by atoms with Crippen LogP contribution >= 0.6 is 23.2 Å². The maximum absolute atomic E-state index is 13.4. The van der Waals surface area contributed by atoms with Gasteiger partial charge in [0.1, 0.15) is 5.82 Å². The fraction of sp³-hybridized carbons (Fsp3) is 0.200. The summed E-state index contributed by atoms with van der Waals surface area (Å²) in [7, 11) is 0. The van der Waals surface area contributed by atoms with Crippen LogP contribution in [0.25, 0.3) is 0 Å². The highest BCUT2D eigenvalue weighted by Gasteiger charge is 2.15. The summed E-state index contributed by atoms with van der Waals surface area (Å²) in [5.41, 5.74) is 2.94. The summed E-state index contributed by atoms with van der Waals surface area (Å²) < 4.78 is 13.4. The summed E-state index contributed by atoms with van der Waals surface area (Å²) >= 11 is 12.2. The number of benzene rings is 2. The molecule has 2 rings (SSSR count). The van der Waals surface area contributed by atoms with Gasteiger partial charge in [-0.1, -0.05) is 53.6 Å². The molecule has 2 aromatic rings. The Hall–Kier alpha value is -1.05. The first kappa shape index (κ1) is 13.4. The van der Waals surface area contributed by atoms with Crippen molar-refractivity contribution < 1.29 is 4.39 Å². The van der Waals surface area contributed by atoms with Crippen molar-refractivity contribution in [3.05, 3.63) is 70.0 Å². The number of hydrogen-bond acceptors (Lipinski definition) is 0. The van der Waals surface area contributed by atoms with E-state index in [1.165, 1.54) is 11.6 Å². The Balaban J connectivity index is 2.22. The Bertz CT molecular complexity index is 552. The van der Waals surface area contributed by atoms with E-state index in [9.17, 15) is 4.39 Å². The highest BCUT2D eigenvalue weighted by molar-refractivity contribution is 6.33. The van der Waals surface area contributed by atoms with E-state index in [4.69, 9.17) is 23.2 Å². The highest BCUT2D eigenvalue weighted by atomic mass is 35.5. The lowest BCUT2D eigenvalue weighted by Gasteiger charge is -2.12. The number of rotatable bonds is 3. The molecule has 0 bridgehead atoms. The number of hydrogen-bond donors (Lipinski definition) is 0. The van der Waals surface area contributed by atoms with Gasteiger partial charge in [0.15, 0.2) is 0 Å². The average Bonchev–Trinajstić information content (AvgIpc) is 2.32. The van der Waals surface area contributed by atoms with Crippen molar-refractivity contribution in [2.45, 2.75) is 18.7 Å². The van der Waals surface area contributed by atoms with Crippen molar-refractivity contribution in [1.29, 1.82) is 0 Å². The minimum absolute atomic E-state index is 0.116. The molecule has 18 heavy (non-hydrogen) atoms. The minimum atomic E-state index is -0.427. The van der Waals surface area contributed by atoms with E-state index < -0.39 is 5.82 Å². The molecule has 1 unspecified atom stereocenters. The standard InChI is InChI=1S/C15H13Cl2F/c1-10-4-2-5-11(8-10)9-13(16)12-6-3-7-14(18)15(12)17/h2-8,13H,9H2,1H3. The van der Waals surface area contributed by atoms with Gasteiger partial charge in [-0.3, -0.25) is 0 Å². The van der Waals surface area contributed by atoms with Gasteiger partial charge in [0, 0.05) is 0 Å². The van der Waals surface area contributed by atoms with Crippen LogP contribution < -0.4 is 0 Å². The predicted molar refractivity (Wildman–Crippen MR) is 74.9 cm³/mol. The topological polar surface area (TPSA) is 0 Å². The van der Waals surface area contributed by atoms with Gasteiger partial charge in [-0.05, 0) is 30.5 Å². The van der Waals surface area contributed by atoms with Gasteiger partial charge in [0.25, 0.3) is 0 Å². The molecule has 94 valence electrons. The number of halogens is 3. The molecule has 0 saturated carbocycles. The predicted octanol–water partition coefficient (Wildman–Crippen LogP) is 5.31. The zero-order chi connectivity index (χ0) is 13.1. The van der Waals surface area contributed by atoms with Crippen molar-refractivity contribution in [2.75, 3.05) is 0 Å². The first-order valence-electron chi connectivity index (χ1n) is 5.71. The Morgan fingerprint density at radius 3 is 2.61 bits per heavy atom. The maximum atomic E-state index is 13.4. The first-order valence-corrected chi connectivity index (χ1v) is 6.53. The van der Waals surface area contributed by atoms with Gasteiger partial charge in [0.05, 0.1) is 10.4 Å². The minimum Gasteiger partial charge on any atom is -0.205 e. The van der Waals surface area contributed by atoms with Gasteiger partial charge in [-0.15, -0.1) is 11.6 Å². The molecule has 0 aromatic heterocycles. The summed E-state index contributed by atoms with van der Waals surface area (Å²) in [6.07, 6.45) is 0.631. The monoisotopic (exact) mass is 282 g/mol. The summed E-state index contributed by atoms with van der Waals surface area (Å²) in [4.78, 5) is 0. The summed E-state index contributed by atoms with van der Waals surface area (Å²) in [5, 5.41) is -0.208. The van der Waals surface area contributed by atoms with Crippen molar-refractivity contribution in [3.8, 4) is 0 Å². The van der Waals surface area contributed by atoms with Gasteiger partial charge in [0.2, 0.25) is 0 Å². The maximum Gasteiger partial charge on any atom is 0.142 e. The summed E-state index contributed by atoms with van der Waals surface area (Å²) in [5.74, 6) is -0.427. The molecular weight excluding hydrogens is 270 g/mol. The Kier molecular flexibility index (Phi) is 4.26. The highest BCUT2D eigenvalue weighted by Crippen LogP contribution is 2.32. The molecule has 0 heterocycles. The van der Waals surface area contributed by atoms with Crippen LogP contribution in [0.2, 0.25) is 5.02 Å². The van der Waals surface area contributed by atoms with Gasteiger partial charge < -0.3 is 0 Å². The molecule has 0 aliphatic carbocycles. The molecule has 0 amide bonds. The number of alkyl halides is 1. The molecule has 2 aromatic carbocycles. The van der Waals surface area contributed by atoms with Crippen LogP contribution in [0.5, 0.6) is 0 Å². The molecule has 0 fully saturated rings. The fourth-order valence-electron chi connectivity index (χ4n) is 1.92. The fourth-order valence-corrected chi connectivity index (χ4v) is 2.59. The van der Waals surface area contributed by atoms with Gasteiger partial charge >= 0.3 is 0 Å². The van der Waals surface area contributed by atoms with Crippen LogP contribution in [0, 0.1) is 12.7 Å². The van der Waals surface area contributed by atoms with Gasteiger partial charge in [-0.25, -0.2) is 4.39 Å². The van der Waals surface area contributed by atoms with Crippen molar-refractivity contribution in [2.24, 2.45) is 0 Å². The Morgan fingerprint density at radius 1 is 1.17 bits per heavy atom. The van der Waals surface area contributed by atoms with Crippen molar-refractivity contribution in [1.82, 2.24) is 0 Å². The molecule has 0 aliphatic heterocycles. The van der Waals surface area contributed by atoms with Crippen LogP contribution in [0.3, 0.4) is 0 Å². The lowest BCUT2D eigenvalue weighted by atomic mass is 10.0. The molecule has 3 heteroatoms. The van der Waals surface area contributed by atoms with E-state index in [-0.39, 0.29) is 10.4 Å². The van der Waals surface area contributed by atoms with E-state index in [0.717, 1.165) is 5.56 Å². The molecule has 1 atom stereocenters. The van der Waals surface area contributed by atoms with E-state index >= 15 is 0 Å². The van der Waals surface area contributed by atoms with E-state index in [0.29, 0.717) is 12.0 Å². The largest absolute Gasteiger partial charge is 0.205 e.